The van der Waals surface area contributed by atoms with E-state index >= 15 is 0 Å². The number of amides is 1. The van der Waals surface area contributed by atoms with Crippen molar-refractivity contribution in [2.24, 2.45) is 5.92 Å². The van der Waals surface area contributed by atoms with Crippen LogP contribution < -0.4 is 5.32 Å². The molecule has 1 aliphatic heterocycles. The molecular formula is C18H22N2O5S. The average Bonchev–Trinajstić information content (AvgIpc) is 3.20. The topological polar surface area (TPSA) is 98.5 Å². The Morgan fingerprint density at radius 2 is 2.08 bits per heavy atom. The average molecular weight is 378 g/mol. The van der Waals surface area contributed by atoms with E-state index in [2.05, 4.69) is 10.5 Å². The predicted octanol–water partition coefficient (Wildman–Crippen LogP) is 1.48. The van der Waals surface area contributed by atoms with Gasteiger partial charge in [0.1, 0.15) is 6.61 Å². The van der Waals surface area contributed by atoms with Crippen LogP contribution in [0.1, 0.15) is 23.4 Å². The lowest BCUT2D eigenvalue weighted by atomic mass is 10.1. The summed E-state index contributed by atoms with van der Waals surface area (Å²) in [7, 11) is -2.92. The summed E-state index contributed by atoms with van der Waals surface area (Å²) in [6, 6.07) is 11.5. The third kappa shape index (κ3) is 5.67. The van der Waals surface area contributed by atoms with Gasteiger partial charge in [-0.15, -0.1) is 0 Å². The molecule has 1 aromatic carbocycles. The van der Waals surface area contributed by atoms with Gasteiger partial charge in [0.05, 0.1) is 30.2 Å². The second kappa shape index (κ2) is 8.46. The van der Waals surface area contributed by atoms with Gasteiger partial charge in [-0.05, 0) is 17.9 Å². The molecule has 1 unspecified atom stereocenters. The summed E-state index contributed by atoms with van der Waals surface area (Å²) < 4.78 is 33.6. The lowest BCUT2D eigenvalue weighted by Gasteiger charge is -2.08. The van der Waals surface area contributed by atoms with Gasteiger partial charge >= 0.3 is 0 Å². The molecule has 2 aromatic rings. The Labute approximate surface area is 152 Å². The van der Waals surface area contributed by atoms with Crippen LogP contribution in [0, 0.1) is 5.92 Å². The number of carbonyl (C=O) groups excluding carboxylic acids is 1. The van der Waals surface area contributed by atoms with Crippen molar-refractivity contribution in [2.45, 2.75) is 26.1 Å². The van der Waals surface area contributed by atoms with Crippen molar-refractivity contribution in [3.63, 3.8) is 0 Å². The molecule has 3 rings (SSSR count). The van der Waals surface area contributed by atoms with Crippen LogP contribution in [0.5, 0.6) is 0 Å². The lowest BCUT2D eigenvalue weighted by Crippen LogP contribution is -2.31. The Morgan fingerprint density at radius 1 is 1.27 bits per heavy atom. The molecule has 0 bridgehead atoms. The number of benzene rings is 1. The Balaban J connectivity index is 1.38. The van der Waals surface area contributed by atoms with Crippen LogP contribution in [-0.4, -0.2) is 37.5 Å². The molecule has 7 nitrogen and oxygen atoms in total. The van der Waals surface area contributed by atoms with E-state index in [0.29, 0.717) is 31.0 Å². The maximum absolute atomic E-state index is 12.0. The molecule has 0 spiro atoms. The Bertz CT molecular complexity index is 832. The highest BCUT2D eigenvalue weighted by atomic mass is 32.2. The molecule has 0 aliphatic carbocycles. The van der Waals surface area contributed by atoms with Gasteiger partial charge in [-0.3, -0.25) is 4.79 Å². The number of nitrogens with zero attached hydrogens (tertiary/aromatic N) is 1. The van der Waals surface area contributed by atoms with E-state index in [1.165, 1.54) is 0 Å². The number of hydrogen-bond acceptors (Lipinski definition) is 6. The number of hydrogen-bond donors (Lipinski definition) is 1. The molecule has 1 atom stereocenters. The van der Waals surface area contributed by atoms with Crippen LogP contribution >= 0.6 is 0 Å². The first-order valence-corrected chi connectivity index (χ1v) is 10.4. The van der Waals surface area contributed by atoms with E-state index in [0.717, 1.165) is 5.56 Å². The first kappa shape index (κ1) is 18.6. The summed E-state index contributed by atoms with van der Waals surface area (Å²) >= 11 is 0. The second-order valence-corrected chi connectivity index (χ2v) is 8.74. The molecule has 1 N–H and O–H groups in total. The zero-order valence-electron chi connectivity index (χ0n) is 14.4. The highest BCUT2D eigenvalue weighted by Gasteiger charge is 2.27. The van der Waals surface area contributed by atoms with E-state index in [1.807, 2.05) is 30.3 Å². The molecule has 8 heteroatoms. The number of nitrogens with one attached hydrogen (secondary N) is 1. The van der Waals surface area contributed by atoms with Crippen LogP contribution in [0.15, 0.2) is 40.9 Å². The van der Waals surface area contributed by atoms with Crippen LogP contribution in [0.4, 0.5) is 0 Å². The zero-order chi connectivity index (χ0) is 18.4. The minimum Gasteiger partial charge on any atom is -0.369 e. The van der Waals surface area contributed by atoms with Crippen molar-refractivity contribution >= 4 is 15.7 Å². The molecule has 1 aromatic heterocycles. The van der Waals surface area contributed by atoms with Gasteiger partial charge in [-0.2, -0.15) is 0 Å². The quantitative estimate of drug-likeness (QED) is 0.747. The first-order valence-electron chi connectivity index (χ1n) is 8.53. The predicted molar refractivity (Wildman–Crippen MR) is 94.9 cm³/mol. The maximum Gasteiger partial charge on any atom is 0.226 e. The second-order valence-electron chi connectivity index (χ2n) is 6.51. The standard InChI is InChI=1S/C18H22N2O5S/c21-18(19-10-15-6-7-26(22,23)13-15)9-16-8-17(25-20-16)12-24-11-14-4-2-1-3-5-14/h1-5,8,15H,6-7,9-13H2,(H,19,21). The number of aromatic nitrogens is 1. The molecule has 26 heavy (non-hydrogen) atoms. The van der Waals surface area contributed by atoms with E-state index in [-0.39, 0.29) is 36.4 Å². The first-order chi connectivity index (χ1) is 12.5. The summed E-state index contributed by atoms with van der Waals surface area (Å²) in [6.07, 6.45) is 0.705. The summed E-state index contributed by atoms with van der Waals surface area (Å²) in [5.41, 5.74) is 1.60. The van der Waals surface area contributed by atoms with Crippen LogP contribution in [-0.2, 0) is 39.0 Å². The van der Waals surface area contributed by atoms with Crippen molar-refractivity contribution in [1.29, 1.82) is 0 Å². The largest absolute Gasteiger partial charge is 0.369 e. The molecule has 1 aliphatic rings. The minimum absolute atomic E-state index is 0.00297. The highest BCUT2D eigenvalue weighted by molar-refractivity contribution is 7.91. The Kier molecular flexibility index (Phi) is 6.05. The van der Waals surface area contributed by atoms with E-state index in [9.17, 15) is 13.2 Å². The van der Waals surface area contributed by atoms with Crippen molar-refractivity contribution in [1.82, 2.24) is 10.5 Å². The minimum atomic E-state index is -2.92. The molecule has 0 saturated carbocycles. The lowest BCUT2D eigenvalue weighted by molar-refractivity contribution is -0.120. The van der Waals surface area contributed by atoms with E-state index in [4.69, 9.17) is 9.26 Å². The van der Waals surface area contributed by atoms with Crippen molar-refractivity contribution in [3.8, 4) is 0 Å². The zero-order valence-corrected chi connectivity index (χ0v) is 15.2. The SMILES string of the molecule is O=C(Cc1cc(COCc2ccccc2)on1)NCC1CCS(=O)(=O)C1. The fourth-order valence-corrected chi connectivity index (χ4v) is 4.73. The molecule has 140 valence electrons. The number of ether oxygens (including phenoxy) is 1. The number of sulfone groups is 1. The van der Waals surface area contributed by atoms with Gasteiger partial charge < -0.3 is 14.6 Å². The maximum atomic E-state index is 12.0. The molecular weight excluding hydrogens is 356 g/mol. The molecule has 2 heterocycles. The summed E-state index contributed by atoms with van der Waals surface area (Å²) in [6.45, 7) is 1.13. The van der Waals surface area contributed by atoms with Crippen molar-refractivity contribution in [2.75, 3.05) is 18.1 Å². The van der Waals surface area contributed by atoms with E-state index in [1.54, 1.807) is 6.07 Å². The summed E-state index contributed by atoms with van der Waals surface area (Å²) in [5, 5.41) is 6.64. The Hall–Kier alpha value is -2.19. The van der Waals surface area contributed by atoms with Gasteiger partial charge in [0.15, 0.2) is 15.6 Å². The van der Waals surface area contributed by atoms with Crippen LogP contribution in [0.2, 0.25) is 0 Å². The van der Waals surface area contributed by atoms with E-state index < -0.39 is 9.84 Å². The number of carbonyl (C=O) groups is 1. The normalized spacial score (nSPS) is 18.7. The number of rotatable bonds is 8. The summed E-state index contributed by atoms with van der Waals surface area (Å²) in [5.74, 6) is 0.733. The van der Waals surface area contributed by atoms with Gasteiger partial charge in [-0.25, -0.2) is 8.42 Å². The van der Waals surface area contributed by atoms with Gasteiger partial charge in [-0.1, -0.05) is 35.5 Å². The van der Waals surface area contributed by atoms with Gasteiger partial charge in [0.2, 0.25) is 5.91 Å². The Morgan fingerprint density at radius 3 is 2.81 bits per heavy atom. The van der Waals surface area contributed by atoms with Gasteiger partial charge in [0.25, 0.3) is 0 Å². The summed E-state index contributed by atoms with van der Waals surface area (Å²) in [4.78, 5) is 12.0. The van der Waals surface area contributed by atoms with Crippen molar-refractivity contribution in [3.05, 3.63) is 53.4 Å². The van der Waals surface area contributed by atoms with Crippen LogP contribution in [0.3, 0.4) is 0 Å². The monoisotopic (exact) mass is 378 g/mol. The van der Waals surface area contributed by atoms with Gasteiger partial charge in [0, 0.05) is 12.6 Å². The van der Waals surface area contributed by atoms with Crippen LogP contribution in [0.25, 0.3) is 0 Å². The highest BCUT2D eigenvalue weighted by Crippen LogP contribution is 2.17. The molecule has 1 fully saturated rings. The van der Waals surface area contributed by atoms with Crippen molar-refractivity contribution < 1.29 is 22.5 Å². The molecule has 1 amide bonds. The fourth-order valence-electron chi connectivity index (χ4n) is 2.87. The third-order valence-electron chi connectivity index (χ3n) is 4.22. The fraction of sp³-hybridized carbons (Fsp3) is 0.444. The molecule has 0 radical (unpaired) electrons. The third-order valence-corrected chi connectivity index (χ3v) is 6.06. The molecule has 1 saturated heterocycles. The smallest absolute Gasteiger partial charge is 0.226 e.